The Labute approximate surface area is 131 Å². The SMILES string of the molecule is COc1cc(/C=C(\C#N)C(=O)Nc2nccs2)cc(OC)c1. The van der Waals surface area contributed by atoms with Gasteiger partial charge >= 0.3 is 0 Å². The number of carbonyl (C=O) groups is 1. The van der Waals surface area contributed by atoms with E-state index in [0.717, 1.165) is 0 Å². The molecular weight excluding hydrogens is 302 g/mol. The van der Waals surface area contributed by atoms with Gasteiger partial charge in [-0.15, -0.1) is 11.3 Å². The summed E-state index contributed by atoms with van der Waals surface area (Å²) >= 11 is 1.28. The first kappa shape index (κ1) is 15.5. The van der Waals surface area contributed by atoms with Gasteiger partial charge in [0.1, 0.15) is 23.1 Å². The summed E-state index contributed by atoms with van der Waals surface area (Å²) in [4.78, 5) is 16.0. The van der Waals surface area contributed by atoms with Crippen LogP contribution in [0.4, 0.5) is 5.13 Å². The number of rotatable bonds is 5. The highest BCUT2D eigenvalue weighted by Crippen LogP contribution is 2.24. The number of carbonyl (C=O) groups excluding carboxylic acids is 1. The number of ether oxygens (including phenoxy) is 2. The summed E-state index contributed by atoms with van der Waals surface area (Å²) in [5.74, 6) is 0.630. The third kappa shape index (κ3) is 3.84. The monoisotopic (exact) mass is 315 g/mol. The number of thiazole rings is 1. The van der Waals surface area contributed by atoms with Gasteiger partial charge in [0.2, 0.25) is 0 Å². The zero-order valence-corrected chi connectivity index (χ0v) is 12.8. The lowest BCUT2D eigenvalue weighted by atomic mass is 10.1. The molecule has 112 valence electrons. The molecule has 0 aliphatic carbocycles. The average Bonchev–Trinajstić information content (AvgIpc) is 3.04. The molecule has 22 heavy (non-hydrogen) atoms. The van der Waals surface area contributed by atoms with Crippen molar-refractivity contribution in [1.29, 1.82) is 5.26 Å². The first-order valence-corrected chi connectivity index (χ1v) is 7.10. The molecule has 0 fully saturated rings. The number of nitrogens with one attached hydrogen (secondary N) is 1. The highest BCUT2D eigenvalue weighted by molar-refractivity contribution is 7.13. The van der Waals surface area contributed by atoms with E-state index >= 15 is 0 Å². The second-order valence-electron chi connectivity index (χ2n) is 4.11. The molecule has 1 N–H and O–H groups in total. The zero-order chi connectivity index (χ0) is 15.9. The Morgan fingerprint density at radius 2 is 2.00 bits per heavy atom. The second-order valence-corrected chi connectivity index (χ2v) is 5.00. The van der Waals surface area contributed by atoms with Crippen LogP contribution < -0.4 is 14.8 Å². The van der Waals surface area contributed by atoms with Crippen molar-refractivity contribution in [2.75, 3.05) is 19.5 Å². The Morgan fingerprint density at radius 1 is 1.32 bits per heavy atom. The molecule has 0 atom stereocenters. The van der Waals surface area contributed by atoms with Crippen LogP contribution in [0.3, 0.4) is 0 Å². The normalized spacial score (nSPS) is 10.7. The van der Waals surface area contributed by atoms with E-state index in [2.05, 4.69) is 10.3 Å². The lowest BCUT2D eigenvalue weighted by molar-refractivity contribution is -0.112. The van der Waals surface area contributed by atoms with Crippen LogP contribution in [-0.2, 0) is 4.79 Å². The van der Waals surface area contributed by atoms with Crippen LogP contribution in [0, 0.1) is 11.3 Å². The lowest BCUT2D eigenvalue weighted by Gasteiger charge is -2.06. The van der Waals surface area contributed by atoms with Crippen molar-refractivity contribution in [2.24, 2.45) is 0 Å². The zero-order valence-electron chi connectivity index (χ0n) is 12.0. The standard InChI is InChI=1S/C15H13N3O3S/c1-20-12-6-10(7-13(8-12)21-2)5-11(9-16)14(19)18-15-17-3-4-22-15/h3-8H,1-2H3,(H,17,18,19)/b11-5+. The van der Waals surface area contributed by atoms with E-state index in [1.54, 1.807) is 29.8 Å². The summed E-state index contributed by atoms with van der Waals surface area (Å²) in [5.41, 5.74) is 0.590. The molecule has 0 radical (unpaired) electrons. The van der Waals surface area contributed by atoms with E-state index in [1.165, 1.54) is 31.6 Å². The number of hydrogen-bond acceptors (Lipinski definition) is 6. The topological polar surface area (TPSA) is 84.2 Å². The van der Waals surface area contributed by atoms with Crippen molar-refractivity contribution in [2.45, 2.75) is 0 Å². The highest BCUT2D eigenvalue weighted by Gasteiger charge is 2.11. The Bertz CT molecular complexity index is 711. The van der Waals surface area contributed by atoms with Crippen molar-refractivity contribution >= 4 is 28.5 Å². The van der Waals surface area contributed by atoms with Crippen LogP contribution >= 0.6 is 11.3 Å². The molecule has 1 aromatic carbocycles. The minimum atomic E-state index is -0.515. The Hall–Kier alpha value is -2.85. The fraction of sp³-hybridized carbons (Fsp3) is 0.133. The van der Waals surface area contributed by atoms with Gasteiger partial charge in [0.05, 0.1) is 14.2 Å². The van der Waals surface area contributed by atoms with E-state index < -0.39 is 5.91 Å². The Balaban J connectivity index is 2.28. The van der Waals surface area contributed by atoms with E-state index in [1.807, 2.05) is 6.07 Å². The largest absolute Gasteiger partial charge is 0.497 e. The third-order valence-corrected chi connectivity index (χ3v) is 3.39. The molecule has 0 aliphatic rings. The molecule has 2 aromatic rings. The molecule has 1 heterocycles. The third-order valence-electron chi connectivity index (χ3n) is 2.70. The minimum Gasteiger partial charge on any atom is -0.497 e. The van der Waals surface area contributed by atoms with Crippen molar-refractivity contribution in [3.8, 4) is 17.6 Å². The van der Waals surface area contributed by atoms with Crippen LogP contribution in [0.5, 0.6) is 11.5 Å². The first-order chi connectivity index (χ1) is 10.7. The Morgan fingerprint density at radius 3 is 2.50 bits per heavy atom. The number of methoxy groups -OCH3 is 2. The lowest BCUT2D eigenvalue weighted by Crippen LogP contribution is -2.13. The van der Waals surface area contributed by atoms with Gasteiger partial charge < -0.3 is 9.47 Å². The summed E-state index contributed by atoms with van der Waals surface area (Å²) in [6.07, 6.45) is 3.04. The maximum Gasteiger partial charge on any atom is 0.268 e. The van der Waals surface area contributed by atoms with Crippen LogP contribution in [0.2, 0.25) is 0 Å². The van der Waals surface area contributed by atoms with E-state index in [9.17, 15) is 10.1 Å². The van der Waals surface area contributed by atoms with Gasteiger partial charge in [-0.1, -0.05) is 0 Å². The van der Waals surface area contributed by atoms with Crippen molar-refractivity contribution in [3.05, 3.63) is 40.9 Å². The molecule has 0 saturated carbocycles. The highest BCUT2D eigenvalue weighted by atomic mass is 32.1. The first-order valence-electron chi connectivity index (χ1n) is 6.22. The predicted octanol–water partition coefficient (Wildman–Crippen LogP) is 2.71. The molecule has 6 nitrogen and oxygen atoms in total. The number of amides is 1. The number of aromatic nitrogens is 1. The van der Waals surface area contributed by atoms with E-state index in [4.69, 9.17) is 9.47 Å². The molecular formula is C15H13N3O3S. The molecule has 2 rings (SSSR count). The maximum absolute atomic E-state index is 12.1. The minimum absolute atomic E-state index is 0.0366. The molecule has 1 aromatic heterocycles. The van der Waals surface area contributed by atoms with Gasteiger partial charge in [-0.2, -0.15) is 5.26 Å². The van der Waals surface area contributed by atoms with Gasteiger partial charge in [0.25, 0.3) is 5.91 Å². The maximum atomic E-state index is 12.1. The quantitative estimate of drug-likeness (QED) is 0.677. The number of hydrogen-bond donors (Lipinski definition) is 1. The summed E-state index contributed by atoms with van der Waals surface area (Å²) in [5, 5.41) is 13.9. The molecule has 0 unspecified atom stereocenters. The summed E-state index contributed by atoms with van der Waals surface area (Å²) < 4.78 is 10.3. The number of nitriles is 1. The van der Waals surface area contributed by atoms with Crippen LogP contribution in [0.25, 0.3) is 6.08 Å². The fourth-order valence-corrected chi connectivity index (χ4v) is 2.20. The number of anilines is 1. The van der Waals surface area contributed by atoms with Crippen LogP contribution in [0.15, 0.2) is 35.3 Å². The van der Waals surface area contributed by atoms with Crippen LogP contribution in [-0.4, -0.2) is 25.1 Å². The fourth-order valence-electron chi connectivity index (χ4n) is 1.68. The molecule has 7 heteroatoms. The summed E-state index contributed by atoms with van der Waals surface area (Å²) in [6.45, 7) is 0. The van der Waals surface area contributed by atoms with Crippen LogP contribution in [0.1, 0.15) is 5.56 Å². The van der Waals surface area contributed by atoms with E-state index in [-0.39, 0.29) is 5.57 Å². The molecule has 0 bridgehead atoms. The van der Waals surface area contributed by atoms with E-state index in [0.29, 0.717) is 22.2 Å². The molecule has 0 saturated heterocycles. The molecule has 1 amide bonds. The number of nitrogens with zero attached hydrogens (tertiary/aromatic N) is 2. The van der Waals surface area contributed by atoms with Gasteiger partial charge in [-0.25, -0.2) is 4.98 Å². The van der Waals surface area contributed by atoms with Gasteiger partial charge in [-0.3, -0.25) is 10.1 Å². The van der Waals surface area contributed by atoms with Gasteiger partial charge in [-0.05, 0) is 23.8 Å². The molecule has 0 aliphatic heterocycles. The van der Waals surface area contributed by atoms with Crippen molar-refractivity contribution in [1.82, 2.24) is 4.98 Å². The molecule has 0 spiro atoms. The average molecular weight is 315 g/mol. The van der Waals surface area contributed by atoms with Gasteiger partial charge in [0.15, 0.2) is 5.13 Å². The number of benzene rings is 1. The smallest absolute Gasteiger partial charge is 0.268 e. The summed E-state index contributed by atoms with van der Waals surface area (Å²) in [7, 11) is 3.06. The van der Waals surface area contributed by atoms with Gasteiger partial charge in [0, 0.05) is 17.6 Å². The predicted molar refractivity (Wildman–Crippen MR) is 83.9 cm³/mol. The van der Waals surface area contributed by atoms with Crippen molar-refractivity contribution < 1.29 is 14.3 Å². The second kappa shape index (κ2) is 7.24. The Kier molecular flexibility index (Phi) is 5.11. The van der Waals surface area contributed by atoms with Crippen molar-refractivity contribution in [3.63, 3.8) is 0 Å². The summed E-state index contributed by atoms with van der Waals surface area (Å²) in [6, 6.07) is 7.00.